The first-order chi connectivity index (χ1) is 7.61. The molecule has 16 heavy (non-hydrogen) atoms. The van der Waals surface area contributed by atoms with E-state index in [1.54, 1.807) is 6.08 Å². The average Bonchev–Trinajstić information content (AvgIpc) is 2.61. The second kappa shape index (κ2) is 4.34. The molecule has 2 unspecified atom stereocenters. The zero-order valence-electron chi connectivity index (χ0n) is 9.26. The topological polar surface area (TPSA) is 12.0 Å². The summed E-state index contributed by atoms with van der Waals surface area (Å²) in [6.45, 7) is 5.66. The van der Waals surface area contributed by atoms with Crippen LogP contribution < -0.4 is 5.32 Å². The van der Waals surface area contributed by atoms with E-state index in [-0.39, 0.29) is 12.1 Å². The highest BCUT2D eigenvalue weighted by molar-refractivity contribution is 5.36. The molecule has 1 N–H and O–H groups in total. The maximum atomic E-state index is 13.5. The van der Waals surface area contributed by atoms with Crippen LogP contribution in [0.15, 0.2) is 24.8 Å². The summed E-state index contributed by atoms with van der Waals surface area (Å²) in [6, 6.07) is 2.56. The molecule has 0 amide bonds. The van der Waals surface area contributed by atoms with E-state index in [4.69, 9.17) is 0 Å². The standard InChI is InChI=1S/C13H15F2N/c1-3-8(2)16-13-5-4-10-11(13)6-9(14)7-12(10)15/h3,6-8,13,16H,1,4-5H2,2H3. The van der Waals surface area contributed by atoms with E-state index in [0.29, 0.717) is 12.0 Å². The Labute approximate surface area is 94.2 Å². The van der Waals surface area contributed by atoms with Gasteiger partial charge in [0, 0.05) is 18.2 Å². The first-order valence-corrected chi connectivity index (χ1v) is 5.48. The van der Waals surface area contributed by atoms with Crippen LogP contribution in [0.4, 0.5) is 8.78 Å². The third-order valence-electron chi connectivity index (χ3n) is 3.07. The van der Waals surface area contributed by atoms with Crippen molar-refractivity contribution >= 4 is 0 Å². The summed E-state index contributed by atoms with van der Waals surface area (Å²) in [5.74, 6) is -0.929. The highest BCUT2D eigenvalue weighted by atomic mass is 19.1. The van der Waals surface area contributed by atoms with Crippen LogP contribution in [0.3, 0.4) is 0 Å². The molecule has 0 saturated heterocycles. The maximum absolute atomic E-state index is 13.5. The zero-order chi connectivity index (χ0) is 11.7. The number of benzene rings is 1. The zero-order valence-corrected chi connectivity index (χ0v) is 9.26. The Hall–Kier alpha value is -1.22. The lowest BCUT2D eigenvalue weighted by molar-refractivity contribution is 0.498. The Morgan fingerprint density at radius 1 is 1.50 bits per heavy atom. The summed E-state index contributed by atoms with van der Waals surface area (Å²) >= 11 is 0. The summed E-state index contributed by atoms with van der Waals surface area (Å²) < 4.78 is 26.6. The van der Waals surface area contributed by atoms with Crippen molar-refractivity contribution in [3.8, 4) is 0 Å². The number of rotatable bonds is 3. The summed E-state index contributed by atoms with van der Waals surface area (Å²) in [4.78, 5) is 0. The van der Waals surface area contributed by atoms with Crippen LogP contribution in [0.5, 0.6) is 0 Å². The van der Waals surface area contributed by atoms with Crippen molar-refractivity contribution in [3.63, 3.8) is 0 Å². The molecule has 1 nitrogen and oxygen atoms in total. The first-order valence-electron chi connectivity index (χ1n) is 5.48. The lowest BCUT2D eigenvalue weighted by Gasteiger charge is -2.17. The largest absolute Gasteiger partial charge is 0.304 e. The molecule has 0 fully saturated rings. The summed E-state index contributed by atoms with van der Waals surface area (Å²) in [6.07, 6.45) is 3.27. The predicted molar refractivity (Wildman–Crippen MR) is 60.2 cm³/mol. The van der Waals surface area contributed by atoms with E-state index in [0.717, 1.165) is 18.1 Å². The van der Waals surface area contributed by atoms with Crippen LogP contribution in [-0.4, -0.2) is 6.04 Å². The molecule has 1 aliphatic rings. The maximum Gasteiger partial charge on any atom is 0.129 e. The molecule has 0 aliphatic heterocycles. The van der Waals surface area contributed by atoms with Gasteiger partial charge < -0.3 is 5.32 Å². The molecule has 3 heteroatoms. The minimum Gasteiger partial charge on any atom is -0.304 e. The van der Waals surface area contributed by atoms with Crippen LogP contribution in [0.2, 0.25) is 0 Å². The second-order valence-electron chi connectivity index (χ2n) is 4.24. The molecule has 1 aromatic rings. The lowest BCUT2D eigenvalue weighted by atomic mass is 10.1. The van der Waals surface area contributed by atoms with E-state index in [9.17, 15) is 8.78 Å². The Morgan fingerprint density at radius 2 is 2.25 bits per heavy atom. The van der Waals surface area contributed by atoms with Crippen LogP contribution in [0.1, 0.15) is 30.5 Å². The van der Waals surface area contributed by atoms with Crippen LogP contribution >= 0.6 is 0 Å². The quantitative estimate of drug-likeness (QED) is 0.776. The fourth-order valence-corrected chi connectivity index (χ4v) is 2.20. The van der Waals surface area contributed by atoms with Gasteiger partial charge in [0.1, 0.15) is 11.6 Å². The molecule has 0 heterocycles. The van der Waals surface area contributed by atoms with E-state index >= 15 is 0 Å². The van der Waals surface area contributed by atoms with Crippen molar-refractivity contribution in [3.05, 3.63) is 47.5 Å². The van der Waals surface area contributed by atoms with Gasteiger partial charge in [-0.1, -0.05) is 6.08 Å². The van der Waals surface area contributed by atoms with Crippen molar-refractivity contribution in [1.82, 2.24) is 5.32 Å². The Morgan fingerprint density at radius 3 is 2.94 bits per heavy atom. The van der Waals surface area contributed by atoms with Gasteiger partial charge in [-0.3, -0.25) is 0 Å². The van der Waals surface area contributed by atoms with E-state index in [2.05, 4.69) is 11.9 Å². The van der Waals surface area contributed by atoms with Crippen molar-refractivity contribution in [2.24, 2.45) is 0 Å². The minimum absolute atomic E-state index is 0.0354. The smallest absolute Gasteiger partial charge is 0.129 e. The van der Waals surface area contributed by atoms with E-state index in [1.807, 2.05) is 6.92 Å². The number of hydrogen-bond donors (Lipinski definition) is 1. The van der Waals surface area contributed by atoms with Crippen molar-refractivity contribution in [2.45, 2.75) is 31.8 Å². The van der Waals surface area contributed by atoms with E-state index in [1.165, 1.54) is 6.07 Å². The van der Waals surface area contributed by atoms with Gasteiger partial charge in [-0.05, 0) is 37.0 Å². The van der Waals surface area contributed by atoms with Crippen LogP contribution in [0.25, 0.3) is 0 Å². The molecule has 0 aromatic heterocycles. The van der Waals surface area contributed by atoms with Crippen LogP contribution in [-0.2, 0) is 6.42 Å². The Balaban J connectivity index is 2.28. The number of halogens is 2. The summed E-state index contributed by atoms with van der Waals surface area (Å²) in [5.41, 5.74) is 1.40. The molecule has 1 aromatic carbocycles. The summed E-state index contributed by atoms with van der Waals surface area (Å²) in [5, 5.41) is 3.29. The molecule has 0 radical (unpaired) electrons. The fraction of sp³-hybridized carbons (Fsp3) is 0.385. The number of fused-ring (bicyclic) bond motifs is 1. The van der Waals surface area contributed by atoms with Crippen LogP contribution in [0, 0.1) is 11.6 Å². The molecular weight excluding hydrogens is 208 g/mol. The molecule has 86 valence electrons. The predicted octanol–water partition coefficient (Wildman–Crippen LogP) is 3.12. The highest BCUT2D eigenvalue weighted by Crippen LogP contribution is 2.33. The van der Waals surface area contributed by atoms with Gasteiger partial charge in [0.15, 0.2) is 0 Å². The van der Waals surface area contributed by atoms with Gasteiger partial charge >= 0.3 is 0 Å². The second-order valence-corrected chi connectivity index (χ2v) is 4.24. The average molecular weight is 223 g/mol. The van der Waals surface area contributed by atoms with Gasteiger partial charge in [0.05, 0.1) is 0 Å². The van der Waals surface area contributed by atoms with Crippen molar-refractivity contribution < 1.29 is 8.78 Å². The molecule has 0 spiro atoms. The van der Waals surface area contributed by atoms with Gasteiger partial charge in [-0.25, -0.2) is 8.78 Å². The molecule has 0 saturated carbocycles. The Kier molecular flexibility index (Phi) is 3.06. The SMILES string of the molecule is C=CC(C)NC1CCc2c(F)cc(F)cc21. The fourth-order valence-electron chi connectivity index (χ4n) is 2.20. The first kappa shape index (κ1) is 11.3. The van der Waals surface area contributed by atoms with Gasteiger partial charge in [0.2, 0.25) is 0 Å². The number of hydrogen-bond acceptors (Lipinski definition) is 1. The molecule has 1 aliphatic carbocycles. The van der Waals surface area contributed by atoms with Crippen molar-refractivity contribution in [1.29, 1.82) is 0 Å². The molecular formula is C13H15F2N. The van der Waals surface area contributed by atoms with Gasteiger partial charge in [0.25, 0.3) is 0 Å². The minimum atomic E-state index is -0.504. The van der Waals surface area contributed by atoms with E-state index < -0.39 is 11.6 Å². The summed E-state index contributed by atoms with van der Waals surface area (Å²) in [7, 11) is 0. The lowest BCUT2D eigenvalue weighted by Crippen LogP contribution is -2.27. The molecule has 2 rings (SSSR count). The molecule has 0 bridgehead atoms. The van der Waals surface area contributed by atoms with Gasteiger partial charge in [-0.15, -0.1) is 6.58 Å². The third kappa shape index (κ3) is 2.00. The normalized spacial score (nSPS) is 20.6. The Bertz CT molecular complexity index is 415. The third-order valence-corrected chi connectivity index (χ3v) is 3.07. The monoisotopic (exact) mass is 223 g/mol. The number of nitrogens with one attached hydrogen (secondary N) is 1. The van der Waals surface area contributed by atoms with Gasteiger partial charge in [-0.2, -0.15) is 0 Å². The molecule has 2 atom stereocenters. The highest BCUT2D eigenvalue weighted by Gasteiger charge is 2.26. The van der Waals surface area contributed by atoms with Crippen molar-refractivity contribution in [2.75, 3.05) is 0 Å².